The Kier molecular flexibility index (Phi) is 4.21. The SMILES string of the molecule is COCCOCOC1C(=O)C2C=CC1(C)[C@H]1CC(C)(C)C[C@@H]21. The Labute approximate surface area is 133 Å². The molecule has 0 radical (unpaired) electrons. The predicted molar refractivity (Wildman–Crippen MR) is 83.3 cm³/mol. The van der Waals surface area contributed by atoms with E-state index < -0.39 is 0 Å². The standard InChI is InChI=1S/C18H28O4/c1-17(2)9-13-12-5-6-18(3,14(13)10-17)16(15(12)19)22-11-21-8-7-20-4/h5-6,12-14,16H,7-11H2,1-4H3/t12?,13-,14-,16?,18?/m0/s1. The van der Waals surface area contributed by atoms with Gasteiger partial charge in [-0.15, -0.1) is 0 Å². The van der Waals surface area contributed by atoms with Crippen molar-refractivity contribution in [1.29, 1.82) is 0 Å². The Morgan fingerprint density at radius 3 is 2.73 bits per heavy atom. The summed E-state index contributed by atoms with van der Waals surface area (Å²) in [6.07, 6.45) is 6.33. The highest BCUT2D eigenvalue weighted by molar-refractivity contribution is 5.91. The first-order valence-corrected chi connectivity index (χ1v) is 8.30. The van der Waals surface area contributed by atoms with Crippen molar-refractivity contribution in [2.45, 2.75) is 39.7 Å². The maximum absolute atomic E-state index is 12.8. The highest BCUT2D eigenvalue weighted by atomic mass is 16.7. The van der Waals surface area contributed by atoms with E-state index >= 15 is 0 Å². The summed E-state index contributed by atoms with van der Waals surface area (Å²) >= 11 is 0. The molecular formula is C18H28O4. The summed E-state index contributed by atoms with van der Waals surface area (Å²) in [7, 11) is 1.64. The van der Waals surface area contributed by atoms with Crippen molar-refractivity contribution >= 4 is 5.78 Å². The molecule has 4 rings (SSSR count). The van der Waals surface area contributed by atoms with E-state index in [0.29, 0.717) is 30.5 Å². The topological polar surface area (TPSA) is 44.8 Å². The molecule has 2 fully saturated rings. The lowest BCUT2D eigenvalue weighted by molar-refractivity contribution is -0.177. The first-order valence-electron chi connectivity index (χ1n) is 8.30. The summed E-state index contributed by atoms with van der Waals surface area (Å²) in [6.45, 7) is 8.03. The number of rotatable bonds is 6. The van der Waals surface area contributed by atoms with Crippen molar-refractivity contribution in [2.24, 2.45) is 28.6 Å². The van der Waals surface area contributed by atoms with Crippen LogP contribution in [0.25, 0.3) is 0 Å². The van der Waals surface area contributed by atoms with E-state index in [1.54, 1.807) is 7.11 Å². The van der Waals surface area contributed by atoms with E-state index in [-0.39, 0.29) is 30.0 Å². The summed E-state index contributed by atoms with van der Waals surface area (Å²) in [5.41, 5.74) is 0.139. The van der Waals surface area contributed by atoms with Gasteiger partial charge in [0, 0.05) is 18.4 Å². The number of Topliss-reactive ketones (excluding diaryl/α,β-unsaturated/α-hetero) is 1. The second-order valence-corrected chi connectivity index (χ2v) is 8.06. The molecule has 0 amide bonds. The number of hydrogen-bond acceptors (Lipinski definition) is 4. The summed E-state index contributed by atoms with van der Waals surface area (Å²) in [6, 6.07) is 0. The van der Waals surface area contributed by atoms with Crippen LogP contribution in [0, 0.1) is 28.6 Å². The highest BCUT2D eigenvalue weighted by Crippen LogP contribution is 2.62. The molecular weight excluding hydrogens is 280 g/mol. The molecule has 2 bridgehead atoms. The van der Waals surface area contributed by atoms with Crippen molar-refractivity contribution in [1.82, 2.24) is 0 Å². The Morgan fingerprint density at radius 2 is 2.00 bits per heavy atom. The number of ketones is 1. The molecule has 4 aliphatic carbocycles. The lowest BCUT2D eigenvalue weighted by atomic mass is 9.54. The lowest BCUT2D eigenvalue weighted by Gasteiger charge is -2.52. The summed E-state index contributed by atoms with van der Waals surface area (Å²) in [4.78, 5) is 12.8. The van der Waals surface area contributed by atoms with Gasteiger partial charge in [-0.25, -0.2) is 0 Å². The van der Waals surface area contributed by atoms with Crippen molar-refractivity contribution in [2.75, 3.05) is 27.1 Å². The fraction of sp³-hybridized carbons (Fsp3) is 0.833. The third-order valence-electron chi connectivity index (χ3n) is 5.90. The van der Waals surface area contributed by atoms with E-state index in [2.05, 4.69) is 32.9 Å². The summed E-state index contributed by atoms with van der Waals surface area (Å²) in [5, 5.41) is 0. The number of allylic oxidation sites excluding steroid dienone is 1. The van der Waals surface area contributed by atoms with Crippen LogP contribution in [0.15, 0.2) is 12.2 Å². The zero-order valence-corrected chi connectivity index (χ0v) is 14.1. The molecule has 0 aliphatic heterocycles. The minimum atomic E-state index is -0.361. The zero-order valence-electron chi connectivity index (χ0n) is 14.1. The highest BCUT2D eigenvalue weighted by Gasteiger charge is 2.62. The molecule has 0 aromatic carbocycles. The maximum atomic E-state index is 12.8. The average molecular weight is 308 g/mol. The fourth-order valence-electron chi connectivity index (χ4n) is 4.89. The van der Waals surface area contributed by atoms with E-state index in [0.717, 1.165) is 6.42 Å². The van der Waals surface area contributed by atoms with Gasteiger partial charge < -0.3 is 14.2 Å². The van der Waals surface area contributed by atoms with Crippen LogP contribution in [0.5, 0.6) is 0 Å². The molecule has 0 spiro atoms. The molecule has 0 saturated heterocycles. The average Bonchev–Trinajstić information content (AvgIpc) is 2.78. The Hall–Kier alpha value is -0.710. The second-order valence-electron chi connectivity index (χ2n) is 8.06. The van der Waals surface area contributed by atoms with Crippen LogP contribution >= 0.6 is 0 Å². The number of methoxy groups -OCH3 is 1. The van der Waals surface area contributed by atoms with Gasteiger partial charge in [0.25, 0.3) is 0 Å². The van der Waals surface area contributed by atoms with Crippen LogP contribution in [0.3, 0.4) is 0 Å². The molecule has 4 nitrogen and oxygen atoms in total. The first kappa shape index (κ1) is 16.2. The molecule has 4 heteroatoms. The number of hydrogen-bond donors (Lipinski definition) is 0. The zero-order chi connectivity index (χ0) is 16.0. The molecule has 3 unspecified atom stereocenters. The molecule has 4 aliphatic rings. The monoisotopic (exact) mass is 308 g/mol. The van der Waals surface area contributed by atoms with Crippen LogP contribution in [0.1, 0.15) is 33.6 Å². The van der Waals surface area contributed by atoms with E-state index in [9.17, 15) is 4.79 Å². The molecule has 5 atom stereocenters. The Bertz CT molecular complexity index is 470. The quantitative estimate of drug-likeness (QED) is 0.430. The van der Waals surface area contributed by atoms with Crippen LogP contribution in [-0.4, -0.2) is 39.0 Å². The summed E-state index contributed by atoms with van der Waals surface area (Å²) < 4.78 is 16.2. The van der Waals surface area contributed by atoms with Gasteiger partial charge in [-0.05, 0) is 30.1 Å². The maximum Gasteiger partial charge on any atom is 0.169 e. The fourth-order valence-corrected chi connectivity index (χ4v) is 4.89. The molecule has 0 heterocycles. The molecule has 2 saturated carbocycles. The van der Waals surface area contributed by atoms with Crippen LogP contribution < -0.4 is 0 Å². The minimum Gasteiger partial charge on any atom is -0.382 e. The predicted octanol–water partition coefficient (Wildman–Crippen LogP) is 2.82. The van der Waals surface area contributed by atoms with Gasteiger partial charge in [0.2, 0.25) is 0 Å². The van der Waals surface area contributed by atoms with Gasteiger partial charge >= 0.3 is 0 Å². The van der Waals surface area contributed by atoms with Crippen LogP contribution in [-0.2, 0) is 19.0 Å². The minimum absolute atomic E-state index is 0.0394. The number of carbonyl (C=O) groups excluding carboxylic acids is 1. The summed E-state index contributed by atoms with van der Waals surface area (Å²) in [5.74, 6) is 1.32. The first-order chi connectivity index (χ1) is 10.4. The molecule has 124 valence electrons. The van der Waals surface area contributed by atoms with Crippen molar-refractivity contribution in [3.8, 4) is 0 Å². The van der Waals surface area contributed by atoms with Gasteiger partial charge in [-0.1, -0.05) is 32.9 Å². The van der Waals surface area contributed by atoms with Gasteiger partial charge in [0.1, 0.15) is 12.9 Å². The number of fused-ring (bicyclic) bond motifs is 1. The molecule has 0 aromatic heterocycles. The largest absolute Gasteiger partial charge is 0.382 e. The lowest BCUT2D eigenvalue weighted by Crippen LogP contribution is -2.57. The number of ether oxygens (including phenoxy) is 3. The van der Waals surface area contributed by atoms with Crippen molar-refractivity contribution in [3.63, 3.8) is 0 Å². The van der Waals surface area contributed by atoms with Crippen molar-refractivity contribution in [3.05, 3.63) is 12.2 Å². The third kappa shape index (κ3) is 2.55. The van der Waals surface area contributed by atoms with Gasteiger partial charge in [-0.2, -0.15) is 0 Å². The Balaban J connectivity index is 1.71. The third-order valence-corrected chi connectivity index (χ3v) is 5.90. The second kappa shape index (κ2) is 5.73. The van der Waals surface area contributed by atoms with Gasteiger partial charge in [-0.3, -0.25) is 4.79 Å². The van der Waals surface area contributed by atoms with Gasteiger partial charge in [0.05, 0.1) is 13.2 Å². The number of carbonyl (C=O) groups is 1. The molecule has 22 heavy (non-hydrogen) atoms. The Morgan fingerprint density at radius 1 is 1.23 bits per heavy atom. The van der Waals surface area contributed by atoms with Gasteiger partial charge in [0.15, 0.2) is 5.78 Å². The van der Waals surface area contributed by atoms with E-state index in [1.807, 2.05) is 0 Å². The normalized spacial score (nSPS) is 41.9. The van der Waals surface area contributed by atoms with Crippen molar-refractivity contribution < 1.29 is 19.0 Å². The smallest absolute Gasteiger partial charge is 0.169 e. The molecule has 0 N–H and O–H groups in total. The van der Waals surface area contributed by atoms with E-state index in [4.69, 9.17) is 14.2 Å². The molecule has 0 aromatic rings. The van der Waals surface area contributed by atoms with Crippen LogP contribution in [0.4, 0.5) is 0 Å². The van der Waals surface area contributed by atoms with Crippen LogP contribution in [0.2, 0.25) is 0 Å². The van der Waals surface area contributed by atoms with E-state index in [1.165, 1.54) is 6.42 Å².